The van der Waals surface area contributed by atoms with E-state index < -0.39 is 0 Å². The molecule has 0 radical (unpaired) electrons. The maximum absolute atomic E-state index is 4.33. The van der Waals surface area contributed by atoms with Gasteiger partial charge in [-0.15, -0.1) is 0 Å². The predicted molar refractivity (Wildman–Crippen MR) is 76.5 cm³/mol. The second kappa shape index (κ2) is 6.33. The van der Waals surface area contributed by atoms with Crippen LogP contribution in [0.25, 0.3) is 0 Å². The zero-order chi connectivity index (χ0) is 13.0. The van der Waals surface area contributed by atoms with Crippen LogP contribution in [0.15, 0.2) is 18.5 Å². The minimum absolute atomic E-state index is 0.496. The van der Waals surface area contributed by atoms with Gasteiger partial charge in [0.15, 0.2) is 0 Å². The van der Waals surface area contributed by atoms with E-state index in [-0.39, 0.29) is 0 Å². The molecule has 2 heteroatoms. The second-order valence-electron chi connectivity index (χ2n) is 5.74. The van der Waals surface area contributed by atoms with Crippen LogP contribution in [-0.2, 0) is 0 Å². The zero-order valence-corrected chi connectivity index (χ0v) is 11.9. The smallest absolute Gasteiger partial charge is 0.0369 e. The first-order valence-electron chi connectivity index (χ1n) is 7.38. The maximum Gasteiger partial charge on any atom is 0.0369 e. The highest BCUT2D eigenvalue weighted by molar-refractivity contribution is 5.26. The molecule has 0 amide bonds. The van der Waals surface area contributed by atoms with E-state index in [2.05, 4.69) is 43.3 Å². The second-order valence-corrected chi connectivity index (χ2v) is 5.74. The summed E-state index contributed by atoms with van der Waals surface area (Å²) in [7, 11) is 0. The zero-order valence-electron chi connectivity index (χ0n) is 11.9. The van der Waals surface area contributed by atoms with Gasteiger partial charge in [-0.25, -0.2) is 0 Å². The fourth-order valence-corrected chi connectivity index (χ4v) is 3.26. The average molecular weight is 246 g/mol. The Morgan fingerprint density at radius 3 is 2.89 bits per heavy atom. The third kappa shape index (κ3) is 2.92. The van der Waals surface area contributed by atoms with Gasteiger partial charge in [0.05, 0.1) is 0 Å². The minimum atomic E-state index is 0.496. The SMILES string of the molecule is CCCNC(c1cnccc1C)C1CCCC1C. The lowest BCUT2D eigenvalue weighted by Crippen LogP contribution is -2.31. The largest absolute Gasteiger partial charge is 0.310 e. The van der Waals surface area contributed by atoms with E-state index in [4.69, 9.17) is 0 Å². The molecule has 0 aliphatic heterocycles. The third-order valence-electron chi connectivity index (χ3n) is 4.38. The Labute approximate surface area is 111 Å². The number of pyridine rings is 1. The van der Waals surface area contributed by atoms with Crippen LogP contribution in [-0.4, -0.2) is 11.5 Å². The van der Waals surface area contributed by atoms with Crippen molar-refractivity contribution in [2.45, 2.75) is 52.5 Å². The summed E-state index contributed by atoms with van der Waals surface area (Å²) in [6.07, 6.45) is 9.28. The molecule has 1 aliphatic carbocycles. The third-order valence-corrected chi connectivity index (χ3v) is 4.38. The molecule has 1 aliphatic rings. The van der Waals surface area contributed by atoms with Crippen molar-refractivity contribution in [3.63, 3.8) is 0 Å². The molecular weight excluding hydrogens is 220 g/mol. The molecule has 18 heavy (non-hydrogen) atoms. The molecule has 3 atom stereocenters. The molecule has 100 valence electrons. The van der Waals surface area contributed by atoms with Crippen molar-refractivity contribution in [3.8, 4) is 0 Å². The Kier molecular flexibility index (Phi) is 4.76. The van der Waals surface area contributed by atoms with E-state index in [0.29, 0.717) is 6.04 Å². The number of aryl methyl sites for hydroxylation is 1. The molecule has 3 unspecified atom stereocenters. The Balaban J connectivity index is 2.21. The molecular formula is C16H26N2. The summed E-state index contributed by atoms with van der Waals surface area (Å²) in [5, 5.41) is 3.76. The van der Waals surface area contributed by atoms with Crippen LogP contribution in [0, 0.1) is 18.8 Å². The topological polar surface area (TPSA) is 24.9 Å². The molecule has 1 N–H and O–H groups in total. The van der Waals surface area contributed by atoms with Gasteiger partial charge in [-0.05, 0) is 55.3 Å². The number of hydrogen-bond acceptors (Lipinski definition) is 2. The first kappa shape index (κ1) is 13.5. The van der Waals surface area contributed by atoms with Gasteiger partial charge >= 0.3 is 0 Å². The first-order valence-corrected chi connectivity index (χ1v) is 7.38. The van der Waals surface area contributed by atoms with Gasteiger partial charge in [0.25, 0.3) is 0 Å². The van der Waals surface area contributed by atoms with Crippen molar-refractivity contribution >= 4 is 0 Å². The van der Waals surface area contributed by atoms with Gasteiger partial charge < -0.3 is 5.32 Å². The van der Waals surface area contributed by atoms with Crippen molar-refractivity contribution in [2.75, 3.05) is 6.54 Å². The predicted octanol–water partition coefficient (Wildman–Crippen LogP) is 3.87. The minimum Gasteiger partial charge on any atom is -0.310 e. The van der Waals surface area contributed by atoms with Gasteiger partial charge in [0.1, 0.15) is 0 Å². The lowest BCUT2D eigenvalue weighted by Gasteiger charge is -2.29. The Bertz CT molecular complexity index is 375. The average Bonchev–Trinajstić information content (AvgIpc) is 2.78. The van der Waals surface area contributed by atoms with E-state index in [1.54, 1.807) is 0 Å². The molecule has 1 fully saturated rings. The van der Waals surface area contributed by atoms with Crippen LogP contribution in [0.2, 0.25) is 0 Å². The summed E-state index contributed by atoms with van der Waals surface area (Å²) in [6.45, 7) is 7.95. The summed E-state index contributed by atoms with van der Waals surface area (Å²) in [4.78, 5) is 4.33. The number of rotatable bonds is 5. The standard InChI is InChI=1S/C16H26N2/c1-4-9-18-16(14-7-5-6-12(14)2)15-11-17-10-8-13(15)3/h8,10-12,14,16,18H,4-7,9H2,1-3H3. The highest BCUT2D eigenvalue weighted by Crippen LogP contribution is 2.40. The van der Waals surface area contributed by atoms with E-state index in [1.807, 2.05) is 6.20 Å². The fourth-order valence-electron chi connectivity index (χ4n) is 3.26. The molecule has 0 aromatic carbocycles. The van der Waals surface area contributed by atoms with E-state index >= 15 is 0 Å². The van der Waals surface area contributed by atoms with E-state index in [9.17, 15) is 0 Å². The highest BCUT2D eigenvalue weighted by Gasteiger charge is 2.32. The number of nitrogens with one attached hydrogen (secondary N) is 1. The van der Waals surface area contributed by atoms with Crippen LogP contribution in [0.5, 0.6) is 0 Å². The molecule has 1 heterocycles. The van der Waals surface area contributed by atoms with Gasteiger partial charge in [-0.3, -0.25) is 4.98 Å². The Morgan fingerprint density at radius 2 is 2.28 bits per heavy atom. The summed E-state index contributed by atoms with van der Waals surface area (Å²) in [6, 6.07) is 2.63. The lowest BCUT2D eigenvalue weighted by molar-refractivity contribution is 0.301. The quantitative estimate of drug-likeness (QED) is 0.853. The van der Waals surface area contributed by atoms with Crippen molar-refractivity contribution < 1.29 is 0 Å². The number of nitrogens with zero attached hydrogens (tertiary/aromatic N) is 1. The van der Waals surface area contributed by atoms with Crippen molar-refractivity contribution in [1.29, 1.82) is 0 Å². The first-order chi connectivity index (χ1) is 8.74. The van der Waals surface area contributed by atoms with Crippen LogP contribution in [0.1, 0.15) is 56.7 Å². The van der Waals surface area contributed by atoms with Crippen LogP contribution in [0.3, 0.4) is 0 Å². The number of aromatic nitrogens is 1. The highest BCUT2D eigenvalue weighted by atomic mass is 14.9. The fraction of sp³-hybridized carbons (Fsp3) is 0.688. The molecule has 0 saturated heterocycles. The molecule has 2 rings (SSSR count). The monoisotopic (exact) mass is 246 g/mol. The van der Waals surface area contributed by atoms with Crippen LogP contribution < -0.4 is 5.32 Å². The summed E-state index contributed by atoms with van der Waals surface area (Å²) in [5.74, 6) is 1.61. The van der Waals surface area contributed by atoms with Crippen molar-refractivity contribution in [1.82, 2.24) is 10.3 Å². The van der Waals surface area contributed by atoms with Gasteiger partial charge in [-0.1, -0.05) is 26.7 Å². The normalized spacial score (nSPS) is 25.3. The lowest BCUT2D eigenvalue weighted by atomic mass is 9.85. The summed E-state index contributed by atoms with van der Waals surface area (Å²) >= 11 is 0. The van der Waals surface area contributed by atoms with E-state index in [1.165, 1.54) is 36.8 Å². The van der Waals surface area contributed by atoms with E-state index in [0.717, 1.165) is 18.4 Å². The van der Waals surface area contributed by atoms with Gasteiger partial charge in [0.2, 0.25) is 0 Å². The summed E-state index contributed by atoms with van der Waals surface area (Å²) in [5.41, 5.74) is 2.78. The maximum atomic E-state index is 4.33. The molecule has 1 aromatic heterocycles. The molecule has 1 saturated carbocycles. The molecule has 0 spiro atoms. The molecule has 2 nitrogen and oxygen atoms in total. The molecule has 1 aromatic rings. The Morgan fingerprint density at radius 1 is 1.44 bits per heavy atom. The summed E-state index contributed by atoms with van der Waals surface area (Å²) < 4.78 is 0. The van der Waals surface area contributed by atoms with Crippen LogP contribution >= 0.6 is 0 Å². The van der Waals surface area contributed by atoms with Crippen molar-refractivity contribution in [3.05, 3.63) is 29.6 Å². The number of hydrogen-bond donors (Lipinski definition) is 1. The van der Waals surface area contributed by atoms with Crippen LogP contribution in [0.4, 0.5) is 0 Å². The van der Waals surface area contributed by atoms with Gasteiger partial charge in [0, 0.05) is 18.4 Å². The Hall–Kier alpha value is -0.890. The molecule has 0 bridgehead atoms. The van der Waals surface area contributed by atoms with Gasteiger partial charge in [-0.2, -0.15) is 0 Å². The van der Waals surface area contributed by atoms with Crippen molar-refractivity contribution in [2.24, 2.45) is 11.8 Å².